The van der Waals surface area contributed by atoms with E-state index in [9.17, 15) is 76.7 Å². The lowest BCUT2D eigenvalue weighted by Gasteiger charge is -2.31. The van der Waals surface area contributed by atoms with Crippen molar-refractivity contribution in [1.82, 2.24) is 110 Å². The van der Waals surface area contributed by atoms with Gasteiger partial charge in [0.25, 0.3) is 0 Å². The number of benzene rings is 2. The van der Waals surface area contributed by atoms with Gasteiger partial charge in [0.15, 0.2) is 0 Å². The Kier molecular flexibility index (Phi) is 39.5. The van der Waals surface area contributed by atoms with Gasteiger partial charge in [-0.3, -0.25) is 71.9 Å². The molecule has 17 amide bonds. The minimum absolute atomic E-state index is 0.00890. The molecule has 6 heterocycles. The van der Waals surface area contributed by atoms with Gasteiger partial charge in [0.05, 0.1) is 61.8 Å². The molecule has 4 saturated heterocycles. The Hall–Kier alpha value is -11.5. The second kappa shape index (κ2) is 50.1. The van der Waals surface area contributed by atoms with Crippen LogP contribution in [0.15, 0.2) is 85.7 Å². The van der Waals surface area contributed by atoms with Crippen molar-refractivity contribution in [3.8, 4) is 0 Å². The third-order valence-corrected chi connectivity index (χ3v) is 23.1. The monoisotopic (exact) mass is 1730 g/mol. The van der Waals surface area contributed by atoms with Gasteiger partial charge >= 0.3 is 6.03 Å². The molecule has 672 valence electrons. The number of likely N-dealkylation sites (tertiary alicyclic amines) is 1. The number of fused-ring (bicyclic) bond motifs is 1. The Balaban J connectivity index is 0.829. The second-order valence-electron chi connectivity index (χ2n) is 32.5. The lowest BCUT2D eigenvalue weighted by molar-refractivity contribution is -0.142. The lowest BCUT2D eigenvalue weighted by atomic mass is 9.99. The summed E-state index contributed by atoms with van der Waals surface area (Å²) in [6.45, 7) is 8.12. The molecule has 8 rings (SSSR count). The van der Waals surface area contributed by atoms with Gasteiger partial charge in [-0.2, -0.15) is 11.8 Å². The highest BCUT2D eigenvalue weighted by Gasteiger charge is 2.44. The van der Waals surface area contributed by atoms with E-state index in [4.69, 9.17) is 11.5 Å². The topological polar surface area (TPSA) is 578 Å². The van der Waals surface area contributed by atoms with Crippen LogP contribution in [0, 0.1) is 11.8 Å². The molecule has 0 radical (unpaired) electrons. The summed E-state index contributed by atoms with van der Waals surface area (Å²) in [5.41, 5.74) is 13.5. The first-order valence-corrected chi connectivity index (χ1v) is 43.6. The highest BCUT2D eigenvalue weighted by molar-refractivity contribution is 8.00. The van der Waals surface area contributed by atoms with Crippen LogP contribution in [0.4, 0.5) is 4.79 Å². The summed E-state index contributed by atoms with van der Waals surface area (Å²) >= 11 is 1.82. The Morgan fingerprint density at radius 3 is 1.62 bits per heavy atom. The largest absolute Gasteiger partial charge is 0.368 e. The van der Waals surface area contributed by atoms with E-state index in [0.717, 1.165) is 25.0 Å². The Labute approximate surface area is 719 Å². The number of hydrogen-bond donors (Lipinski definition) is 20. The summed E-state index contributed by atoms with van der Waals surface area (Å²) in [5.74, 6) is -9.96. The van der Waals surface area contributed by atoms with E-state index in [1.165, 1.54) is 24.5 Å². The van der Waals surface area contributed by atoms with Crippen LogP contribution in [0.3, 0.4) is 0 Å². The fourth-order valence-corrected chi connectivity index (χ4v) is 16.5. The van der Waals surface area contributed by atoms with Crippen LogP contribution in [0.5, 0.6) is 0 Å². The molecule has 2 aromatic carbocycles. The SMILES string of the molecule is CC(C)C[C@H](NC(=O)[C@H](C)NC(=O)[C@H](Cc1ccccc1)NC(=O)[C@@H]1CCCN1C(=O)[C@H](Cc1c[nH]cn1)NC(=O)[C@H](Cc1c[nH]cn1)NC(=O)[C@@H]1CCCN1)C(=O)N[C@@H](Cc1ccccc1)C(=O)N[C@@H](CC(C)C)C(=O)N[C@@H](CCCCN)C(=O)NCC(=O)NCC(=O)NCC(=O)N[C@@H](CCCCNC(=O)CCCC[C@@H]1SC[C@@H]2NC(=O)N[C@@H]21)C(N)=O. The maximum atomic E-state index is 14.9. The highest BCUT2D eigenvalue weighted by atomic mass is 32.2. The molecule has 0 saturated carbocycles. The molecular weight excluding hydrogens is 1610 g/mol. The number of imidazole rings is 2. The van der Waals surface area contributed by atoms with Crippen LogP contribution in [0.2, 0.25) is 0 Å². The van der Waals surface area contributed by atoms with Crippen LogP contribution in [0.25, 0.3) is 0 Å². The van der Waals surface area contributed by atoms with Crippen molar-refractivity contribution in [2.45, 2.75) is 247 Å². The van der Waals surface area contributed by atoms with E-state index in [1.807, 2.05) is 25.6 Å². The van der Waals surface area contributed by atoms with Crippen LogP contribution in [-0.2, 0) is 97.6 Å². The minimum Gasteiger partial charge on any atom is -0.368 e. The first kappa shape index (κ1) is 96.9. The third-order valence-electron chi connectivity index (χ3n) is 21.6. The number of amides is 17. The van der Waals surface area contributed by atoms with Gasteiger partial charge in [-0.25, -0.2) is 14.8 Å². The normalized spacial score (nSPS) is 18.7. The zero-order valence-electron chi connectivity index (χ0n) is 70.6. The van der Waals surface area contributed by atoms with Crippen molar-refractivity contribution in [2.75, 3.05) is 51.6 Å². The summed E-state index contributed by atoms with van der Waals surface area (Å²) in [4.78, 5) is 235. The summed E-state index contributed by atoms with van der Waals surface area (Å²) < 4.78 is 0. The maximum Gasteiger partial charge on any atom is 0.315 e. The number of primary amides is 1. The van der Waals surface area contributed by atoms with Crippen molar-refractivity contribution in [3.63, 3.8) is 0 Å². The van der Waals surface area contributed by atoms with E-state index in [0.29, 0.717) is 92.2 Å². The number of nitrogens with one attached hydrogen (secondary N) is 18. The lowest BCUT2D eigenvalue weighted by Crippen LogP contribution is -2.61. The molecular formula is C83H123N23O16S. The molecule has 40 heteroatoms. The molecule has 0 bridgehead atoms. The van der Waals surface area contributed by atoms with Crippen molar-refractivity contribution in [1.29, 1.82) is 0 Å². The predicted molar refractivity (Wildman–Crippen MR) is 455 cm³/mol. The number of carbonyl (C=O) groups excluding carboxylic acids is 16. The van der Waals surface area contributed by atoms with Gasteiger partial charge in [0.1, 0.15) is 60.4 Å². The molecule has 22 N–H and O–H groups in total. The van der Waals surface area contributed by atoms with Crippen molar-refractivity contribution in [2.24, 2.45) is 23.3 Å². The standard InChI is InChI=1S/C83H123N23O16S/c1-48(2)34-58(98-73(112)50(5)95-76(115)60(36-51-20-8-6-9-21-51)102-81(120)65-27-19-33-106(65)82(121)63(39-54-41-87-47-94-54)103-80(119)62(38-53-40-86-46-93-53)101-75(114)56-26-18-32-88-56)78(117)100-61(37-52-22-10-7-11-23-52)79(118)99-59(35-49(3)4)77(116)97-57(25-14-16-30-84)74(113)92-43-69(109)90-42-68(108)91-44-70(110)96-55(72(85)111)24-15-17-31-89-67(107)29-13-12-28-66-71-64(45-123-66)104-83(122)105-71/h6-11,20-23,40-41,46-50,55-66,71,88H,12-19,24-39,42-45,84H2,1-5H3,(H2,85,111)(H,86,93)(H,87,94)(H,89,107)(H,90,109)(H,91,108)(H,92,113)(H,95,115)(H,96,110)(H,97,116)(H,98,112)(H,99,118)(H,100,117)(H,101,114)(H,102,120)(H,103,119)(H2,104,105,122)/t50-,55-,56-,57-,58-,59-,60-,61-,62-,63-,64-,65-,66-,71-/m0/s1. The molecule has 4 fully saturated rings. The number of carbonyl (C=O) groups is 16. The fraction of sp³-hybridized carbons (Fsp3) is 0.590. The molecule has 2 aromatic heterocycles. The Bertz CT molecular complexity index is 4180. The second-order valence-corrected chi connectivity index (χ2v) is 33.7. The molecule has 4 aliphatic rings. The number of H-pyrrole nitrogens is 2. The number of aromatic amines is 2. The van der Waals surface area contributed by atoms with E-state index in [-0.39, 0.29) is 113 Å². The molecule has 14 atom stereocenters. The molecule has 0 unspecified atom stereocenters. The maximum absolute atomic E-state index is 14.9. The first-order valence-electron chi connectivity index (χ1n) is 42.6. The van der Waals surface area contributed by atoms with Crippen molar-refractivity contribution >= 4 is 106 Å². The summed E-state index contributed by atoms with van der Waals surface area (Å²) in [6.07, 6.45) is 12.4. The molecule has 0 aliphatic carbocycles. The van der Waals surface area contributed by atoms with Gasteiger partial charge < -0.3 is 111 Å². The van der Waals surface area contributed by atoms with Crippen LogP contribution in [0.1, 0.15) is 160 Å². The summed E-state index contributed by atoms with van der Waals surface area (Å²) in [6, 6.07) is 4.47. The number of rotatable bonds is 52. The number of thioether (sulfide) groups is 1. The number of nitrogens with zero attached hydrogens (tertiary/aromatic N) is 3. The molecule has 123 heavy (non-hydrogen) atoms. The number of urea groups is 1. The number of unbranched alkanes of at least 4 members (excludes halogenated alkanes) is 3. The van der Waals surface area contributed by atoms with Gasteiger partial charge in [0, 0.05) is 68.6 Å². The average molecular weight is 1730 g/mol. The quantitative estimate of drug-likeness (QED) is 0.0162. The smallest absolute Gasteiger partial charge is 0.315 e. The van der Waals surface area contributed by atoms with Gasteiger partial charge in [-0.1, -0.05) is 94.8 Å². The molecule has 4 aliphatic heterocycles. The third kappa shape index (κ3) is 32.7. The van der Waals surface area contributed by atoms with E-state index >= 15 is 0 Å². The predicted octanol–water partition coefficient (Wildman–Crippen LogP) is -2.40. The fourth-order valence-electron chi connectivity index (χ4n) is 15.0. The van der Waals surface area contributed by atoms with Gasteiger partial charge in [-0.05, 0) is 133 Å². The zero-order valence-corrected chi connectivity index (χ0v) is 71.4. The zero-order chi connectivity index (χ0) is 88.9. The van der Waals surface area contributed by atoms with E-state index in [1.54, 1.807) is 86.9 Å². The molecule has 0 spiro atoms. The summed E-state index contributed by atoms with van der Waals surface area (Å²) in [7, 11) is 0. The van der Waals surface area contributed by atoms with Gasteiger partial charge in [0.2, 0.25) is 88.6 Å². The van der Waals surface area contributed by atoms with Crippen LogP contribution >= 0.6 is 11.8 Å². The molecule has 4 aromatic rings. The van der Waals surface area contributed by atoms with E-state index in [2.05, 4.69) is 105 Å². The van der Waals surface area contributed by atoms with Crippen molar-refractivity contribution < 1.29 is 76.7 Å². The Morgan fingerprint density at radius 1 is 0.504 bits per heavy atom. The summed E-state index contributed by atoms with van der Waals surface area (Å²) in [5, 5.41) is 44.1. The average Bonchev–Trinajstić information content (AvgIpc) is 1.69. The van der Waals surface area contributed by atoms with E-state index < -0.39 is 163 Å². The molecule has 39 nitrogen and oxygen atoms in total. The Morgan fingerprint density at radius 2 is 1.03 bits per heavy atom. The number of hydrogen-bond acceptors (Lipinski definition) is 21. The van der Waals surface area contributed by atoms with Crippen molar-refractivity contribution in [3.05, 3.63) is 108 Å². The first-order chi connectivity index (χ1) is 59.0. The number of aromatic nitrogens is 4. The number of nitrogens with two attached hydrogens (primary N) is 2. The van der Waals surface area contributed by atoms with Crippen LogP contribution < -0.4 is 96.5 Å². The van der Waals surface area contributed by atoms with Crippen LogP contribution in [-0.4, -0.2) is 255 Å². The van der Waals surface area contributed by atoms with Gasteiger partial charge in [-0.15, -0.1) is 0 Å². The highest BCUT2D eigenvalue weighted by Crippen LogP contribution is 2.33. The minimum atomic E-state index is -1.38.